The Morgan fingerprint density at radius 1 is 1.14 bits per heavy atom. The Morgan fingerprint density at radius 3 is 2.34 bits per heavy atom. The molecule has 0 aliphatic heterocycles. The fourth-order valence-corrected chi connectivity index (χ4v) is 4.47. The fraction of sp³-hybridized carbons (Fsp3) is 0.667. The highest BCUT2D eigenvalue weighted by atomic mass is 16.6. The molecule has 35 heavy (non-hydrogen) atoms. The number of aryl methyl sites for hydroxylation is 1. The van der Waals surface area contributed by atoms with E-state index in [1.807, 2.05) is 13.8 Å². The van der Waals surface area contributed by atoms with Gasteiger partial charge in [-0.3, -0.25) is 9.59 Å². The number of benzene rings is 1. The van der Waals surface area contributed by atoms with Gasteiger partial charge in [0.05, 0.1) is 0 Å². The number of likely N-dealkylation sites (N-methyl/N-ethyl adjacent to an activating group) is 1. The minimum atomic E-state index is -1.04. The first-order chi connectivity index (χ1) is 16.3. The zero-order chi connectivity index (χ0) is 26.3. The second-order valence-corrected chi connectivity index (χ2v) is 11.0. The number of aromatic hydroxyl groups is 1. The average Bonchev–Trinajstić information content (AvgIpc) is 2.74. The van der Waals surface area contributed by atoms with E-state index in [0.717, 1.165) is 32.1 Å². The van der Waals surface area contributed by atoms with Crippen molar-refractivity contribution < 1.29 is 24.2 Å². The number of amides is 3. The van der Waals surface area contributed by atoms with Crippen LogP contribution in [0.25, 0.3) is 0 Å². The lowest BCUT2D eigenvalue weighted by Gasteiger charge is -2.34. The topological polar surface area (TPSA) is 108 Å². The first-order valence-corrected chi connectivity index (χ1v) is 12.6. The van der Waals surface area contributed by atoms with Crippen LogP contribution in [0.5, 0.6) is 5.75 Å². The molecule has 0 radical (unpaired) electrons. The zero-order valence-corrected chi connectivity index (χ0v) is 22.3. The normalized spacial score (nSPS) is 16.3. The highest BCUT2D eigenvalue weighted by molar-refractivity contribution is 5.92. The molecule has 2 atom stereocenters. The van der Waals surface area contributed by atoms with Gasteiger partial charge in [0.15, 0.2) is 0 Å². The number of hydrogen-bond acceptors (Lipinski definition) is 5. The van der Waals surface area contributed by atoms with Crippen LogP contribution < -0.4 is 10.6 Å². The summed E-state index contributed by atoms with van der Waals surface area (Å²) < 4.78 is 5.37. The molecule has 3 amide bonds. The molecule has 0 aromatic heterocycles. The van der Waals surface area contributed by atoms with Crippen LogP contribution in [0, 0.1) is 12.8 Å². The number of phenolic OH excluding ortho intramolecular Hbond substituents is 1. The number of alkyl carbamates (subject to hydrolysis) is 1. The number of carbonyl (C=O) groups excluding carboxylic acids is 3. The van der Waals surface area contributed by atoms with E-state index in [1.54, 1.807) is 52.9 Å². The standard InChI is InChI=1S/C27H43N3O5/c1-17(2)16-21(29-26(34)35-27(4,5)6)25(33)30(7)22(20-15-11-12-18(3)23(20)31)24(32)28-19-13-9-8-10-14-19/h11-12,15,17,19,21-22,31H,8-10,13-14,16H2,1-7H3,(H,28,32)(H,29,34). The van der Waals surface area contributed by atoms with Gasteiger partial charge in [0, 0.05) is 18.7 Å². The van der Waals surface area contributed by atoms with Crippen molar-refractivity contribution in [1.82, 2.24) is 15.5 Å². The maximum Gasteiger partial charge on any atom is 0.408 e. The molecule has 0 spiro atoms. The molecule has 2 rings (SSSR count). The highest BCUT2D eigenvalue weighted by Gasteiger charge is 2.36. The van der Waals surface area contributed by atoms with Crippen molar-refractivity contribution in [2.24, 2.45) is 5.92 Å². The van der Waals surface area contributed by atoms with Crippen LogP contribution in [0.1, 0.15) is 90.3 Å². The van der Waals surface area contributed by atoms with E-state index >= 15 is 0 Å². The lowest BCUT2D eigenvalue weighted by atomic mass is 9.94. The molecule has 1 fully saturated rings. The van der Waals surface area contributed by atoms with E-state index in [0.29, 0.717) is 17.5 Å². The smallest absolute Gasteiger partial charge is 0.408 e. The molecule has 8 heteroatoms. The SMILES string of the molecule is Cc1cccc(C(C(=O)NC2CCCCC2)N(C)C(=O)C(CC(C)C)NC(=O)OC(C)(C)C)c1O. The Morgan fingerprint density at radius 2 is 1.77 bits per heavy atom. The van der Waals surface area contributed by atoms with Crippen molar-refractivity contribution in [3.05, 3.63) is 29.3 Å². The second-order valence-electron chi connectivity index (χ2n) is 11.0. The van der Waals surface area contributed by atoms with Gasteiger partial charge in [0.25, 0.3) is 0 Å². The average molecular weight is 490 g/mol. The van der Waals surface area contributed by atoms with Crippen molar-refractivity contribution >= 4 is 17.9 Å². The number of hydrogen-bond donors (Lipinski definition) is 3. The van der Waals surface area contributed by atoms with Gasteiger partial charge in [-0.1, -0.05) is 51.3 Å². The third kappa shape index (κ3) is 8.44. The summed E-state index contributed by atoms with van der Waals surface area (Å²) in [5, 5.41) is 16.6. The second kappa shape index (κ2) is 12.3. The number of carbonyl (C=O) groups is 3. The molecule has 2 unspecified atom stereocenters. The van der Waals surface area contributed by atoms with E-state index < -0.39 is 29.7 Å². The molecular weight excluding hydrogens is 446 g/mol. The van der Waals surface area contributed by atoms with E-state index in [-0.39, 0.29) is 23.6 Å². The number of ether oxygens (including phenoxy) is 1. The number of para-hydroxylation sites is 1. The van der Waals surface area contributed by atoms with E-state index in [9.17, 15) is 19.5 Å². The lowest BCUT2D eigenvalue weighted by molar-refractivity contribution is -0.141. The number of phenols is 1. The van der Waals surface area contributed by atoms with Crippen LogP contribution in [0.3, 0.4) is 0 Å². The monoisotopic (exact) mass is 489 g/mol. The van der Waals surface area contributed by atoms with Crippen molar-refractivity contribution in [3.63, 3.8) is 0 Å². The largest absolute Gasteiger partial charge is 0.507 e. The van der Waals surface area contributed by atoms with Crippen LogP contribution in [-0.2, 0) is 14.3 Å². The summed E-state index contributed by atoms with van der Waals surface area (Å²) in [6.45, 7) is 10.9. The summed E-state index contributed by atoms with van der Waals surface area (Å²) in [4.78, 5) is 41.0. The lowest BCUT2D eigenvalue weighted by Crippen LogP contribution is -2.53. The third-order valence-electron chi connectivity index (χ3n) is 6.19. The quantitative estimate of drug-likeness (QED) is 0.495. The third-order valence-corrected chi connectivity index (χ3v) is 6.19. The molecule has 0 saturated heterocycles. The van der Waals surface area contributed by atoms with Gasteiger partial charge < -0.3 is 25.4 Å². The first kappa shape index (κ1) is 28.5. The van der Waals surface area contributed by atoms with Gasteiger partial charge in [-0.2, -0.15) is 0 Å². The van der Waals surface area contributed by atoms with Crippen molar-refractivity contribution in [3.8, 4) is 5.75 Å². The Kier molecular flexibility index (Phi) is 9.98. The maximum absolute atomic E-state index is 13.7. The van der Waals surface area contributed by atoms with Gasteiger partial charge in [-0.15, -0.1) is 0 Å². The van der Waals surface area contributed by atoms with Gasteiger partial charge in [-0.05, 0) is 58.4 Å². The summed E-state index contributed by atoms with van der Waals surface area (Å²) in [6, 6.07) is 3.29. The summed E-state index contributed by atoms with van der Waals surface area (Å²) in [7, 11) is 1.54. The van der Waals surface area contributed by atoms with Crippen LogP contribution >= 0.6 is 0 Å². The molecule has 196 valence electrons. The van der Waals surface area contributed by atoms with E-state index in [4.69, 9.17) is 4.74 Å². The maximum atomic E-state index is 13.7. The van der Waals surface area contributed by atoms with Crippen LogP contribution in [0.15, 0.2) is 18.2 Å². The zero-order valence-electron chi connectivity index (χ0n) is 22.3. The van der Waals surface area contributed by atoms with E-state index in [1.165, 1.54) is 4.90 Å². The molecule has 8 nitrogen and oxygen atoms in total. The molecule has 1 aliphatic carbocycles. The van der Waals surface area contributed by atoms with Crippen molar-refractivity contribution in [2.45, 2.75) is 104 Å². The highest BCUT2D eigenvalue weighted by Crippen LogP contribution is 2.32. The van der Waals surface area contributed by atoms with Crippen LogP contribution in [0.2, 0.25) is 0 Å². The molecule has 1 aliphatic rings. The summed E-state index contributed by atoms with van der Waals surface area (Å²) in [5.74, 6) is -0.672. The minimum absolute atomic E-state index is 0.0172. The fourth-order valence-electron chi connectivity index (χ4n) is 4.47. The summed E-state index contributed by atoms with van der Waals surface area (Å²) in [6.07, 6.45) is 4.73. The molecule has 0 heterocycles. The predicted octanol–water partition coefficient (Wildman–Crippen LogP) is 4.59. The van der Waals surface area contributed by atoms with Gasteiger partial charge in [0.1, 0.15) is 23.4 Å². The Hall–Kier alpha value is -2.77. The van der Waals surface area contributed by atoms with Gasteiger partial charge in [-0.25, -0.2) is 4.79 Å². The summed E-state index contributed by atoms with van der Waals surface area (Å²) in [5.41, 5.74) is 0.260. The molecular formula is C27H43N3O5. The van der Waals surface area contributed by atoms with Crippen molar-refractivity contribution in [1.29, 1.82) is 0 Å². The summed E-state index contributed by atoms with van der Waals surface area (Å²) >= 11 is 0. The molecule has 1 aromatic rings. The van der Waals surface area contributed by atoms with E-state index in [2.05, 4.69) is 10.6 Å². The minimum Gasteiger partial charge on any atom is -0.507 e. The van der Waals surface area contributed by atoms with Gasteiger partial charge in [0.2, 0.25) is 11.8 Å². The van der Waals surface area contributed by atoms with Gasteiger partial charge >= 0.3 is 6.09 Å². The Balaban J connectivity index is 2.36. The molecule has 1 aromatic carbocycles. The Labute approximate surface area is 209 Å². The number of rotatable bonds is 8. The first-order valence-electron chi connectivity index (χ1n) is 12.6. The number of nitrogens with one attached hydrogen (secondary N) is 2. The van der Waals surface area contributed by atoms with Crippen LogP contribution in [0.4, 0.5) is 4.79 Å². The Bertz CT molecular complexity index is 887. The molecule has 0 bridgehead atoms. The van der Waals surface area contributed by atoms with Crippen molar-refractivity contribution in [2.75, 3.05) is 7.05 Å². The molecule has 1 saturated carbocycles. The van der Waals surface area contributed by atoms with Crippen LogP contribution in [-0.4, -0.2) is 52.6 Å². The number of nitrogens with zero attached hydrogens (tertiary/aromatic N) is 1. The predicted molar refractivity (Wildman–Crippen MR) is 136 cm³/mol. The molecule has 3 N–H and O–H groups in total.